The standard InChI is InChI=1S/C12H15NO4/c1-12(8-14,9-5-3-2-4-6-9)13-10(15)7-11(16)17/h2-6,14H,7-8H2,1H3,(H,13,15)(H,16,17). The van der Waals surface area contributed by atoms with E-state index in [0.717, 1.165) is 5.56 Å². The molecule has 1 amide bonds. The Kier molecular flexibility index (Phi) is 4.23. The largest absolute Gasteiger partial charge is 0.481 e. The van der Waals surface area contributed by atoms with Crippen LogP contribution in [0.15, 0.2) is 30.3 Å². The lowest BCUT2D eigenvalue weighted by Gasteiger charge is -2.29. The molecule has 1 unspecified atom stereocenters. The van der Waals surface area contributed by atoms with Crippen molar-refractivity contribution in [1.82, 2.24) is 5.32 Å². The van der Waals surface area contributed by atoms with E-state index in [0.29, 0.717) is 0 Å². The van der Waals surface area contributed by atoms with Crippen molar-refractivity contribution < 1.29 is 19.8 Å². The molecule has 0 saturated carbocycles. The summed E-state index contributed by atoms with van der Waals surface area (Å²) in [5.41, 5.74) is -0.241. The first-order valence-corrected chi connectivity index (χ1v) is 5.17. The van der Waals surface area contributed by atoms with E-state index in [-0.39, 0.29) is 6.61 Å². The van der Waals surface area contributed by atoms with Crippen LogP contribution in [0, 0.1) is 0 Å². The highest BCUT2D eigenvalue weighted by atomic mass is 16.4. The van der Waals surface area contributed by atoms with Crippen LogP contribution in [0.25, 0.3) is 0 Å². The highest BCUT2D eigenvalue weighted by Crippen LogP contribution is 2.19. The molecule has 3 N–H and O–H groups in total. The highest BCUT2D eigenvalue weighted by Gasteiger charge is 2.28. The molecule has 1 aromatic carbocycles. The third-order valence-corrected chi connectivity index (χ3v) is 2.45. The number of aliphatic hydroxyl groups excluding tert-OH is 1. The van der Waals surface area contributed by atoms with E-state index in [4.69, 9.17) is 5.11 Å². The zero-order valence-corrected chi connectivity index (χ0v) is 9.51. The summed E-state index contributed by atoms with van der Waals surface area (Å²) in [5, 5.41) is 20.4. The minimum Gasteiger partial charge on any atom is -0.481 e. The molecule has 92 valence electrons. The van der Waals surface area contributed by atoms with Crippen LogP contribution in [0.5, 0.6) is 0 Å². The summed E-state index contributed by atoms with van der Waals surface area (Å²) in [6.45, 7) is 1.34. The van der Waals surface area contributed by atoms with Crippen molar-refractivity contribution in [2.45, 2.75) is 18.9 Å². The van der Waals surface area contributed by atoms with Gasteiger partial charge in [-0.25, -0.2) is 0 Å². The lowest BCUT2D eigenvalue weighted by molar-refractivity contribution is -0.141. The average molecular weight is 237 g/mol. The molecule has 0 fully saturated rings. The van der Waals surface area contributed by atoms with Crippen LogP contribution in [0.2, 0.25) is 0 Å². The third kappa shape index (κ3) is 3.57. The molecule has 1 rings (SSSR count). The van der Waals surface area contributed by atoms with E-state index in [2.05, 4.69) is 5.32 Å². The van der Waals surface area contributed by atoms with Crippen LogP contribution < -0.4 is 5.32 Å². The number of benzene rings is 1. The van der Waals surface area contributed by atoms with Crippen molar-refractivity contribution >= 4 is 11.9 Å². The van der Waals surface area contributed by atoms with Crippen molar-refractivity contribution in [2.75, 3.05) is 6.61 Å². The molecule has 0 aliphatic carbocycles. The molecule has 0 heterocycles. The van der Waals surface area contributed by atoms with E-state index < -0.39 is 23.8 Å². The lowest BCUT2D eigenvalue weighted by Crippen LogP contribution is -2.46. The van der Waals surface area contributed by atoms with Crippen molar-refractivity contribution in [3.63, 3.8) is 0 Å². The number of aliphatic carboxylic acids is 1. The molecule has 0 aliphatic heterocycles. The lowest BCUT2D eigenvalue weighted by atomic mass is 9.93. The van der Waals surface area contributed by atoms with Gasteiger partial charge >= 0.3 is 5.97 Å². The fraction of sp³-hybridized carbons (Fsp3) is 0.333. The van der Waals surface area contributed by atoms with Crippen LogP contribution in [0.4, 0.5) is 0 Å². The quantitative estimate of drug-likeness (QED) is 0.650. The number of carboxylic acid groups (broad SMARTS) is 1. The second-order valence-electron chi connectivity index (χ2n) is 3.97. The number of hydrogen-bond acceptors (Lipinski definition) is 3. The summed E-state index contributed by atoms with van der Waals surface area (Å²) >= 11 is 0. The average Bonchev–Trinajstić information content (AvgIpc) is 2.29. The van der Waals surface area contributed by atoms with Crippen LogP contribution in [0.3, 0.4) is 0 Å². The van der Waals surface area contributed by atoms with Crippen molar-refractivity contribution in [2.24, 2.45) is 0 Å². The Morgan fingerprint density at radius 1 is 1.29 bits per heavy atom. The normalized spacial score (nSPS) is 13.8. The summed E-state index contributed by atoms with van der Waals surface area (Å²) < 4.78 is 0. The maximum atomic E-state index is 11.4. The van der Waals surface area contributed by atoms with Gasteiger partial charge < -0.3 is 15.5 Å². The topological polar surface area (TPSA) is 86.6 Å². The molecule has 0 spiro atoms. The second-order valence-corrected chi connectivity index (χ2v) is 3.97. The first kappa shape index (κ1) is 13.2. The van der Waals surface area contributed by atoms with Gasteiger partial charge in [-0.05, 0) is 12.5 Å². The summed E-state index contributed by atoms with van der Waals surface area (Å²) in [5.74, 6) is -1.83. The molecule has 5 nitrogen and oxygen atoms in total. The number of aliphatic hydroxyl groups is 1. The van der Waals surface area contributed by atoms with E-state index in [1.807, 2.05) is 6.07 Å². The summed E-state index contributed by atoms with van der Waals surface area (Å²) in [6.07, 6.45) is -0.609. The fourth-order valence-electron chi connectivity index (χ4n) is 1.50. The molecule has 0 bridgehead atoms. The number of amides is 1. The smallest absolute Gasteiger partial charge is 0.312 e. The fourth-order valence-corrected chi connectivity index (χ4v) is 1.50. The van der Waals surface area contributed by atoms with Crippen LogP contribution in [-0.2, 0) is 15.1 Å². The van der Waals surface area contributed by atoms with Crippen molar-refractivity contribution in [3.05, 3.63) is 35.9 Å². The number of hydrogen-bond donors (Lipinski definition) is 3. The van der Waals surface area contributed by atoms with Crippen LogP contribution >= 0.6 is 0 Å². The number of carbonyl (C=O) groups excluding carboxylic acids is 1. The highest BCUT2D eigenvalue weighted by molar-refractivity contribution is 5.93. The first-order chi connectivity index (χ1) is 7.98. The van der Waals surface area contributed by atoms with Gasteiger partial charge in [-0.1, -0.05) is 30.3 Å². The molecular weight excluding hydrogens is 222 g/mol. The molecule has 0 aromatic heterocycles. The van der Waals surface area contributed by atoms with Gasteiger partial charge in [0, 0.05) is 0 Å². The Labute approximate surface area is 99.1 Å². The van der Waals surface area contributed by atoms with Gasteiger partial charge in [-0.2, -0.15) is 0 Å². The van der Waals surface area contributed by atoms with E-state index in [1.165, 1.54) is 0 Å². The molecular formula is C12H15NO4. The predicted molar refractivity (Wildman–Crippen MR) is 61.3 cm³/mol. The number of carbonyl (C=O) groups is 2. The molecule has 0 saturated heterocycles. The number of nitrogens with one attached hydrogen (secondary N) is 1. The van der Waals surface area contributed by atoms with E-state index in [9.17, 15) is 14.7 Å². The molecule has 0 aliphatic rings. The Balaban J connectivity index is 2.83. The van der Waals surface area contributed by atoms with E-state index >= 15 is 0 Å². The summed E-state index contributed by atoms with van der Waals surface area (Å²) in [6, 6.07) is 8.91. The molecule has 5 heteroatoms. The second kappa shape index (κ2) is 5.45. The Morgan fingerprint density at radius 2 is 1.88 bits per heavy atom. The van der Waals surface area contributed by atoms with Crippen molar-refractivity contribution in [1.29, 1.82) is 0 Å². The van der Waals surface area contributed by atoms with Gasteiger partial charge in [-0.15, -0.1) is 0 Å². The van der Waals surface area contributed by atoms with Crippen LogP contribution in [0.1, 0.15) is 18.9 Å². The SMILES string of the molecule is CC(CO)(NC(=O)CC(=O)O)c1ccccc1. The van der Waals surface area contributed by atoms with Gasteiger partial charge in [0.1, 0.15) is 6.42 Å². The maximum Gasteiger partial charge on any atom is 0.312 e. The zero-order valence-electron chi connectivity index (χ0n) is 9.51. The van der Waals surface area contributed by atoms with Gasteiger partial charge in [-0.3, -0.25) is 9.59 Å². The summed E-state index contributed by atoms with van der Waals surface area (Å²) in [7, 11) is 0. The minimum atomic E-state index is -1.20. The van der Waals surface area contributed by atoms with Gasteiger partial charge in [0.2, 0.25) is 5.91 Å². The maximum absolute atomic E-state index is 11.4. The number of rotatable bonds is 5. The van der Waals surface area contributed by atoms with Crippen LogP contribution in [-0.4, -0.2) is 28.7 Å². The third-order valence-electron chi connectivity index (χ3n) is 2.45. The molecule has 17 heavy (non-hydrogen) atoms. The van der Waals surface area contributed by atoms with Gasteiger partial charge in [0.25, 0.3) is 0 Å². The van der Waals surface area contributed by atoms with E-state index in [1.54, 1.807) is 31.2 Å². The Hall–Kier alpha value is -1.88. The molecule has 0 radical (unpaired) electrons. The molecule has 1 aromatic rings. The monoisotopic (exact) mass is 237 g/mol. The first-order valence-electron chi connectivity index (χ1n) is 5.17. The Morgan fingerprint density at radius 3 is 2.35 bits per heavy atom. The van der Waals surface area contributed by atoms with Gasteiger partial charge in [0.05, 0.1) is 12.1 Å². The van der Waals surface area contributed by atoms with Gasteiger partial charge in [0.15, 0.2) is 0 Å². The number of carboxylic acids is 1. The Bertz CT molecular complexity index is 404. The van der Waals surface area contributed by atoms with Crippen molar-refractivity contribution in [3.8, 4) is 0 Å². The minimum absolute atomic E-state index is 0.303. The molecule has 1 atom stereocenters. The summed E-state index contributed by atoms with van der Waals surface area (Å²) in [4.78, 5) is 21.8. The predicted octanol–water partition coefficient (Wildman–Crippen LogP) is 0.485. The zero-order chi connectivity index (χ0) is 12.9.